The average Bonchev–Trinajstić information content (AvgIpc) is 2.69. The van der Waals surface area contributed by atoms with Gasteiger partial charge in [0.05, 0.1) is 13.2 Å². The zero-order valence-electron chi connectivity index (χ0n) is 10.4. The van der Waals surface area contributed by atoms with E-state index in [4.69, 9.17) is 13.9 Å². The number of rotatable bonds is 4. The molecule has 0 bridgehead atoms. The fourth-order valence-corrected chi connectivity index (χ4v) is 1.47. The van der Waals surface area contributed by atoms with Gasteiger partial charge in [-0.25, -0.2) is 4.79 Å². The minimum absolute atomic E-state index is 0.0547. The van der Waals surface area contributed by atoms with Crippen LogP contribution in [0, 0.1) is 0 Å². The van der Waals surface area contributed by atoms with Crippen molar-refractivity contribution >= 4 is 0 Å². The Hall–Kier alpha value is -2.24. The highest BCUT2D eigenvalue weighted by Gasteiger charge is 2.14. The SMILES string of the molecule is COc1ccccc1-n1nc(OC(C)C)oc1=O. The molecule has 0 aliphatic heterocycles. The Morgan fingerprint density at radius 1 is 1.33 bits per heavy atom. The summed E-state index contributed by atoms with van der Waals surface area (Å²) in [4.78, 5) is 11.7. The molecule has 0 spiro atoms. The molecule has 96 valence electrons. The van der Waals surface area contributed by atoms with Gasteiger partial charge in [-0.1, -0.05) is 17.2 Å². The molecule has 1 aromatic heterocycles. The summed E-state index contributed by atoms with van der Waals surface area (Å²) in [7, 11) is 1.52. The van der Waals surface area contributed by atoms with Crippen molar-refractivity contribution in [1.82, 2.24) is 9.78 Å². The molecule has 6 nitrogen and oxygen atoms in total. The molecule has 0 radical (unpaired) electrons. The van der Waals surface area contributed by atoms with Gasteiger partial charge in [-0.2, -0.15) is 4.68 Å². The summed E-state index contributed by atoms with van der Waals surface area (Å²) in [6.45, 7) is 3.64. The molecular formula is C12H14N2O4. The fourth-order valence-electron chi connectivity index (χ4n) is 1.47. The lowest BCUT2D eigenvalue weighted by Gasteiger charge is -2.05. The molecule has 6 heteroatoms. The highest BCUT2D eigenvalue weighted by molar-refractivity contribution is 5.45. The van der Waals surface area contributed by atoms with Crippen LogP contribution >= 0.6 is 0 Å². The van der Waals surface area contributed by atoms with Crippen LogP contribution in [-0.4, -0.2) is 23.0 Å². The van der Waals surface area contributed by atoms with Gasteiger partial charge in [0.25, 0.3) is 0 Å². The first kappa shape index (κ1) is 12.2. The molecule has 0 N–H and O–H groups in total. The summed E-state index contributed by atoms with van der Waals surface area (Å²) < 4.78 is 16.4. The molecule has 0 aliphatic rings. The quantitative estimate of drug-likeness (QED) is 0.824. The number of aromatic nitrogens is 2. The number of hydrogen-bond acceptors (Lipinski definition) is 5. The van der Waals surface area contributed by atoms with Gasteiger partial charge in [0.15, 0.2) is 0 Å². The molecule has 18 heavy (non-hydrogen) atoms. The van der Waals surface area contributed by atoms with Crippen molar-refractivity contribution in [2.24, 2.45) is 0 Å². The van der Waals surface area contributed by atoms with Gasteiger partial charge in [0.1, 0.15) is 11.4 Å². The Bertz CT molecular complexity index is 586. The number of ether oxygens (including phenoxy) is 2. The van der Waals surface area contributed by atoms with Gasteiger partial charge < -0.3 is 13.9 Å². The van der Waals surface area contributed by atoms with E-state index in [9.17, 15) is 4.79 Å². The minimum atomic E-state index is -0.616. The first-order chi connectivity index (χ1) is 8.61. The number of para-hydroxylation sites is 2. The van der Waals surface area contributed by atoms with E-state index in [0.29, 0.717) is 11.4 Å². The molecule has 0 amide bonds. The van der Waals surface area contributed by atoms with Crippen molar-refractivity contribution in [2.45, 2.75) is 20.0 Å². The molecule has 0 fully saturated rings. The van der Waals surface area contributed by atoms with Gasteiger partial charge in [-0.3, -0.25) is 0 Å². The lowest BCUT2D eigenvalue weighted by molar-refractivity contribution is 0.172. The van der Waals surface area contributed by atoms with Crippen molar-refractivity contribution in [3.63, 3.8) is 0 Å². The lowest BCUT2D eigenvalue weighted by atomic mass is 10.3. The smallest absolute Gasteiger partial charge is 0.444 e. The predicted octanol–water partition coefficient (Wildman–Crippen LogP) is 1.62. The zero-order chi connectivity index (χ0) is 13.1. The van der Waals surface area contributed by atoms with E-state index >= 15 is 0 Å². The van der Waals surface area contributed by atoms with Crippen LogP contribution < -0.4 is 15.2 Å². The van der Waals surface area contributed by atoms with E-state index in [1.807, 2.05) is 13.8 Å². The van der Waals surface area contributed by atoms with E-state index < -0.39 is 5.76 Å². The number of nitrogens with zero attached hydrogens (tertiary/aromatic N) is 2. The van der Waals surface area contributed by atoms with Crippen molar-refractivity contribution in [2.75, 3.05) is 7.11 Å². The Balaban J connectivity index is 2.44. The van der Waals surface area contributed by atoms with Crippen molar-refractivity contribution < 1.29 is 13.9 Å². The van der Waals surface area contributed by atoms with Crippen molar-refractivity contribution in [1.29, 1.82) is 0 Å². The van der Waals surface area contributed by atoms with Gasteiger partial charge >= 0.3 is 11.8 Å². The Morgan fingerprint density at radius 2 is 2.06 bits per heavy atom. The van der Waals surface area contributed by atoms with E-state index in [1.54, 1.807) is 24.3 Å². The second-order valence-corrected chi connectivity index (χ2v) is 3.88. The Labute approximate surface area is 104 Å². The number of hydrogen-bond donors (Lipinski definition) is 0. The largest absolute Gasteiger partial charge is 0.494 e. The summed E-state index contributed by atoms with van der Waals surface area (Å²) in [5.41, 5.74) is 0.507. The third kappa shape index (κ3) is 2.37. The van der Waals surface area contributed by atoms with Crippen LogP contribution in [0.25, 0.3) is 5.69 Å². The van der Waals surface area contributed by atoms with Crippen LogP contribution in [0.5, 0.6) is 11.8 Å². The van der Waals surface area contributed by atoms with Gasteiger partial charge in [-0.05, 0) is 26.0 Å². The maximum absolute atomic E-state index is 11.7. The van der Waals surface area contributed by atoms with Crippen LogP contribution in [0.1, 0.15) is 13.8 Å². The molecule has 0 aliphatic carbocycles. The van der Waals surface area contributed by atoms with E-state index in [-0.39, 0.29) is 12.2 Å². The van der Waals surface area contributed by atoms with E-state index in [2.05, 4.69) is 5.10 Å². The number of benzene rings is 1. The summed E-state index contributed by atoms with van der Waals surface area (Å²) in [6.07, 6.45) is -0.171. The van der Waals surface area contributed by atoms with E-state index in [0.717, 1.165) is 4.68 Å². The standard InChI is InChI=1S/C12H14N2O4/c1-8(2)17-11-13-14(12(15)18-11)9-6-4-5-7-10(9)16-3/h4-8H,1-3H3. The molecule has 0 unspecified atom stereocenters. The molecule has 0 atom stereocenters. The molecule has 2 aromatic rings. The lowest BCUT2D eigenvalue weighted by Crippen LogP contribution is -2.14. The van der Waals surface area contributed by atoms with Crippen molar-refractivity contribution in [3.8, 4) is 17.5 Å². The van der Waals surface area contributed by atoms with Crippen LogP contribution in [0.2, 0.25) is 0 Å². The first-order valence-electron chi connectivity index (χ1n) is 5.52. The Kier molecular flexibility index (Phi) is 3.36. The summed E-state index contributed by atoms with van der Waals surface area (Å²) in [5.74, 6) is -0.0841. The van der Waals surface area contributed by atoms with Gasteiger partial charge in [-0.15, -0.1) is 0 Å². The fraction of sp³-hybridized carbons (Fsp3) is 0.333. The third-order valence-electron chi connectivity index (χ3n) is 2.18. The molecule has 2 rings (SSSR count). The van der Waals surface area contributed by atoms with Crippen LogP contribution in [0.3, 0.4) is 0 Å². The maximum Gasteiger partial charge on any atom is 0.444 e. The first-order valence-corrected chi connectivity index (χ1v) is 5.52. The molecule has 0 saturated carbocycles. The highest BCUT2D eigenvalue weighted by Crippen LogP contribution is 2.20. The number of methoxy groups -OCH3 is 1. The van der Waals surface area contributed by atoms with Gasteiger partial charge in [0, 0.05) is 0 Å². The summed E-state index contributed by atoms with van der Waals surface area (Å²) in [5, 5.41) is 3.96. The second kappa shape index (κ2) is 4.95. The summed E-state index contributed by atoms with van der Waals surface area (Å²) >= 11 is 0. The molecular weight excluding hydrogens is 236 g/mol. The van der Waals surface area contributed by atoms with Crippen molar-refractivity contribution in [3.05, 3.63) is 34.8 Å². The minimum Gasteiger partial charge on any atom is -0.494 e. The normalized spacial score (nSPS) is 10.7. The maximum atomic E-state index is 11.7. The topological polar surface area (TPSA) is 66.5 Å². The average molecular weight is 250 g/mol. The Morgan fingerprint density at radius 3 is 2.72 bits per heavy atom. The van der Waals surface area contributed by atoms with Crippen LogP contribution in [0.15, 0.2) is 33.5 Å². The predicted molar refractivity (Wildman–Crippen MR) is 64.4 cm³/mol. The zero-order valence-corrected chi connectivity index (χ0v) is 10.4. The van der Waals surface area contributed by atoms with Crippen LogP contribution in [0.4, 0.5) is 0 Å². The monoisotopic (exact) mass is 250 g/mol. The van der Waals surface area contributed by atoms with E-state index in [1.165, 1.54) is 7.11 Å². The summed E-state index contributed by atoms with van der Waals surface area (Å²) in [6, 6.07) is 7.03. The highest BCUT2D eigenvalue weighted by atomic mass is 16.6. The third-order valence-corrected chi connectivity index (χ3v) is 2.18. The second-order valence-electron chi connectivity index (χ2n) is 3.88. The molecule has 0 saturated heterocycles. The molecule has 1 heterocycles. The molecule has 1 aromatic carbocycles. The van der Waals surface area contributed by atoms with Gasteiger partial charge in [0.2, 0.25) is 0 Å². The van der Waals surface area contributed by atoms with Crippen LogP contribution in [-0.2, 0) is 0 Å².